The van der Waals surface area contributed by atoms with Gasteiger partial charge in [-0.05, 0) is 71.9 Å². The molecule has 0 radical (unpaired) electrons. The molecule has 0 aromatic heterocycles. The number of likely N-dealkylation sites (tertiary alicyclic amines) is 1. The molecule has 4 aromatic rings. The lowest BCUT2D eigenvalue weighted by atomic mass is 9.92. The molecule has 1 heterocycles. The van der Waals surface area contributed by atoms with Crippen molar-refractivity contribution in [2.24, 2.45) is 5.92 Å². The van der Waals surface area contributed by atoms with Gasteiger partial charge in [-0.15, -0.1) is 0 Å². The summed E-state index contributed by atoms with van der Waals surface area (Å²) < 4.78 is 0. The first-order valence-corrected chi connectivity index (χ1v) is 12.3. The number of nitrogens with zero attached hydrogens (tertiary/aromatic N) is 2. The molecule has 3 heteroatoms. The van der Waals surface area contributed by atoms with Gasteiger partial charge in [0.1, 0.15) is 0 Å². The van der Waals surface area contributed by atoms with E-state index in [9.17, 15) is 4.79 Å². The molecule has 3 nitrogen and oxygen atoms in total. The zero-order valence-electron chi connectivity index (χ0n) is 19.6. The van der Waals surface area contributed by atoms with Crippen LogP contribution in [-0.4, -0.2) is 23.9 Å². The van der Waals surface area contributed by atoms with E-state index in [0.29, 0.717) is 18.9 Å². The Hall–Kier alpha value is -3.43. The molecule has 0 spiro atoms. The van der Waals surface area contributed by atoms with E-state index in [0.717, 1.165) is 43.7 Å². The van der Waals surface area contributed by atoms with Crippen LogP contribution < -0.4 is 4.90 Å². The van der Waals surface area contributed by atoms with Gasteiger partial charge in [0, 0.05) is 18.7 Å². The normalized spacial score (nSPS) is 14.8. The van der Waals surface area contributed by atoms with E-state index in [1.54, 1.807) is 0 Å². The summed E-state index contributed by atoms with van der Waals surface area (Å²) in [5, 5.41) is 2.60. The fourth-order valence-electron chi connectivity index (χ4n) is 5.00. The Kier molecular flexibility index (Phi) is 7.02. The lowest BCUT2D eigenvalue weighted by Gasteiger charge is -2.33. The van der Waals surface area contributed by atoms with Gasteiger partial charge >= 0.3 is 0 Å². The number of fused-ring (bicyclic) bond motifs is 1. The number of rotatable bonds is 7. The second kappa shape index (κ2) is 10.7. The van der Waals surface area contributed by atoms with Gasteiger partial charge in [0.2, 0.25) is 5.91 Å². The number of carbonyl (C=O) groups is 1. The molecule has 0 bridgehead atoms. The zero-order chi connectivity index (χ0) is 23.2. The number of piperidine rings is 1. The molecule has 0 atom stereocenters. The van der Waals surface area contributed by atoms with Crippen molar-refractivity contribution in [3.8, 4) is 0 Å². The minimum absolute atomic E-state index is 0.225. The lowest BCUT2D eigenvalue weighted by molar-refractivity contribution is -0.120. The van der Waals surface area contributed by atoms with E-state index >= 15 is 0 Å². The van der Waals surface area contributed by atoms with Crippen LogP contribution in [0.2, 0.25) is 0 Å². The summed E-state index contributed by atoms with van der Waals surface area (Å²) in [6, 6.07) is 35.7. The quantitative estimate of drug-likeness (QED) is 0.315. The van der Waals surface area contributed by atoms with Crippen LogP contribution in [0.15, 0.2) is 103 Å². The first kappa shape index (κ1) is 22.4. The summed E-state index contributed by atoms with van der Waals surface area (Å²) in [6.07, 6.45) is 2.77. The van der Waals surface area contributed by atoms with Crippen LogP contribution >= 0.6 is 0 Å². The molecule has 1 aliphatic heterocycles. The maximum atomic E-state index is 13.4. The summed E-state index contributed by atoms with van der Waals surface area (Å²) >= 11 is 0. The van der Waals surface area contributed by atoms with Crippen LogP contribution in [0.3, 0.4) is 0 Å². The molecule has 1 fully saturated rings. The first-order valence-electron chi connectivity index (χ1n) is 12.3. The van der Waals surface area contributed by atoms with Gasteiger partial charge in [0.15, 0.2) is 0 Å². The maximum Gasteiger partial charge on any atom is 0.227 e. The van der Waals surface area contributed by atoms with Gasteiger partial charge in [-0.2, -0.15) is 0 Å². The number of para-hydroxylation sites is 1. The molecule has 34 heavy (non-hydrogen) atoms. The molecule has 0 aliphatic carbocycles. The largest absolute Gasteiger partial charge is 0.308 e. The highest BCUT2D eigenvalue weighted by molar-refractivity contribution is 5.93. The Morgan fingerprint density at radius 1 is 0.735 bits per heavy atom. The summed E-state index contributed by atoms with van der Waals surface area (Å²) in [5.74, 6) is 0.672. The Morgan fingerprint density at radius 3 is 2.12 bits per heavy atom. The summed E-state index contributed by atoms with van der Waals surface area (Å²) in [5.41, 5.74) is 3.50. The number of hydrogen-bond donors (Lipinski definition) is 0. The predicted molar refractivity (Wildman–Crippen MR) is 141 cm³/mol. The van der Waals surface area contributed by atoms with Gasteiger partial charge in [-0.1, -0.05) is 84.9 Å². The summed E-state index contributed by atoms with van der Waals surface area (Å²) in [4.78, 5) is 17.9. The minimum atomic E-state index is 0.225. The van der Waals surface area contributed by atoms with Crippen LogP contribution in [0.25, 0.3) is 10.8 Å². The average Bonchev–Trinajstić information content (AvgIpc) is 2.89. The van der Waals surface area contributed by atoms with E-state index in [2.05, 4.69) is 59.5 Å². The number of benzene rings is 4. The molecule has 5 rings (SSSR count). The number of hydrogen-bond acceptors (Lipinski definition) is 2. The van der Waals surface area contributed by atoms with Crippen molar-refractivity contribution in [2.45, 2.75) is 32.4 Å². The molecule has 4 aromatic carbocycles. The Balaban J connectivity index is 1.19. The highest BCUT2D eigenvalue weighted by Crippen LogP contribution is 2.26. The SMILES string of the molecule is O=C(CC1CCN(Cc2ccc3ccccc3c2)CC1)N(Cc1ccccc1)c1ccccc1. The van der Waals surface area contributed by atoms with Gasteiger partial charge in [0.25, 0.3) is 0 Å². The standard InChI is InChI=1S/C31H32N2O/c34-31(33(30-13-5-2-6-14-30)24-26-9-3-1-4-10-26)22-25-17-19-32(20-18-25)23-27-15-16-28-11-7-8-12-29(28)21-27/h1-16,21,25H,17-20,22-24H2. The van der Waals surface area contributed by atoms with Gasteiger partial charge in [-0.25, -0.2) is 0 Å². The highest BCUT2D eigenvalue weighted by Gasteiger charge is 2.25. The first-order chi connectivity index (χ1) is 16.7. The third-order valence-corrected chi connectivity index (χ3v) is 6.94. The van der Waals surface area contributed by atoms with Crippen LogP contribution in [0.4, 0.5) is 5.69 Å². The van der Waals surface area contributed by atoms with Crippen LogP contribution in [0, 0.1) is 5.92 Å². The van der Waals surface area contributed by atoms with Crippen molar-refractivity contribution in [3.05, 3.63) is 114 Å². The molecular formula is C31H32N2O. The van der Waals surface area contributed by atoms with E-state index < -0.39 is 0 Å². The average molecular weight is 449 g/mol. The van der Waals surface area contributed by atoms with E-state index in [-0.39, 0.29) is 5.91 Å². The second-order valence-corrected chi connectivity index (χ2v) is 9.41. The monoisotopic (exact) mass is 448 g/mol. The Bertz CT molecular complexity index is 1210. The maximum absolute atomic E-state index is 13.4. The molecule has 0 unspecified atom stereocenters. The van der Waals surface area contributed by atoms with Crippen molar-refractivity contribution in [2.75, 3.05) is 18.0 Å². The van der Waals surface area contributed by atoms with Crippen molar-refractivity contribution >= 4 is 22.4 Å². The number of amides is 1. The van der Waals surface area contributed by atoms with Crippen molar-refractivity contribution in [1.82, 2.24) is 4.90 Å². The third kappa shape index (κ3) is 5.55. The molecule has 1 aliphatic rings. The fraction of sp³-hybridized carbons (Fsp3) is 0.258. The Morgan fingerprint density at radius 2 is 1.38 bits per heavy atom. The molecule has 1 amide bonds. The number of carbonyl (C=O) groups excluding carboxylic acids is 1. The number of anilines is 1. The lowest BCUT2D eigenvalue weighted by Crippen LogP contribution is -2.37. The van der Waals surface area contributed by atoms with Crippen LogP contribution in [-0.2, 0) is 17.9 Å². The van der Waals surface area contributed by atoms with E-state index in [1.807, 2.05) is 53.4 Å². The van der Waals surface area contributed by atoms with Crippen molar-refractivity contribution in [1.29, 1.82) is 0 Å². The fourth-order valence-corrected chi connectivity index (χ4v) is 5.00. The Labute approximate surface area is 202 Å². The predicted octanol–water partition coefficient (Wildman–Crippen LogP) is 6.68. The molecule has 0 saturated carbocycles. The topological polar surface area (TPSA) is 23.6 Å². The molecule has 172 valence electrons. The second-order valence-electron chi connectivity index (χ2n) is 9.41. The zero-order valence-corrected chi connectivity index (χ0v) is 19.6. The minimum Gasteiger partial charge on any atom is -0.308 e. The van der Waals surface area contributed by atoms with Crippen molar-refractivity contribution in [3.63, 3.8) is 0 Å². The molecular weight excluding hydrogens is 416 g/mol. The molecule has 1 saturated heterocycles. The van der Waals surface area contributed by atoms with E-state index in [4.69, 9.17) is 0 Å². The van der Waals surface area contributed by atoms with Crippen molar-refractivity contribution < 1.29 is 4.79 Å². The van der Waals surface area contributed by atoms with Crippen LogP contribution in [0.5, 0.6) is 0 Å². The van der Waals surface area contributed by atoms with Gasteiger partial charge in [0.05, 0.1) is 6.54 Å². The summed E-state index contributed by atoms with van der Waals surface area (Å²) in [6.45, 7) is 3.70. The third-order valence-electron chi connectivity index (χ3n) is 6.94. The van der Waals surface area contributed by atoms with Gasteiger partial charge in [-0.3, -0.25) is 9.69 Å². The van der Waals surface area contributed by atoms with Gasteiger partial charge < -0.3 is 4.90 Å². The molecule has 0 N–H and O–H groups in total. The highest BCUT2D eigenvalue weighted by atomic mass is 16.2. The summed E-state index contributed by atoms with van der Waals surface area (Å²) in [7, 11) is 0. The smallest absolute Gasteiger partial charge is 0.227 e. The van der Waals surface area contributed by atoms with Crippen LogP contribution in [0.1, 0.15) is 30.4 Å². The van der Waals surface area contributed by atoms with E-state index in [1.165, 1.54) is 16.3 Å².